The van der Waals surface area contributed by atoms with Crippen LogP contribution in [0.25, 0.3) is 0 Å². The molecule has 0 bridgehead atoms. The minimum Gasteiger partial charge on any atom is -0.489 e. The highest BCUT2D eigenvalue weighted by molar-refractivity contribution is 9.10. The van der Waals surface area contributed by atoms with Gasteiger partial charge in [-0.25, -0.2) is 4.98 Å². The largest absolute Gasteiger partial charge is 0.489 e. The lowest BCUT2D eigenvalue weighted by atomic mass is 10.3. The van der Waals surface area contributed by atoms with E-state index in [0.717, 1.165) is 15.8 Å². The average Bonchev–Trinajstić information content (AvgIpc) is 2.30. The number of nitrogens with zero attached hydrogens (tertiary/aromatic N) is 1. The van der Waals surface area contributed by atoms with Crippen molar-refractivity contribution >= 4 is 27.5 Å². The average molecular weight is 299 g/mol. The minimum atomic E-state index is 0.425. The van der Waals surface area contributed by atoms with Crippen LogP contribution in [0.5, 0.6) is 5.75 Å². The highest BCUT2D eigenvalue weighted by Gasteiger charge is 2.01. The van der Waals surface area contributed by atoms with Crippen LogP contribution in [-0.2, 0) is 6.61 Å². The summed E-state index contributed by atoms with van der Waals surface area (Å²) in [6, 6.07) is 11.4. The van der Waals surface area contributed by atoms with Gasteiger partial charge >= 0.3 is 0 Å². The van der Waals surface area contributed by atoms with E-state index in [9.17, 15) is 0 Å². The highest BCUT2D eigenvalue weighted by Crippen LogP contribution is 2.19. The van der Waals surface area contributed by atoms with Gasteiger partial charge in [0.05, 0.1) is 0 Å². The van der Waals surface area contributed by atoms with Crippen LogP contribution in [0, 0.1) is 0 Å². The summed E-state index contributed by atoms with van der Waals surface area (Å²) < 4.78 is 6.61. The molecular weight excluding hydrogens is 289 g/mol. The van der Waals surface area contributed by atoms with E-state index in [0.29, 0.717) is 11.8 Å². The number of ether oxygens (including phenoxy) is 1. The summed E-state index contributed by atoms with van der Waals surface area (Å²) in [5.74, 6) is 0.808. The molecule has 0 radical (unpaired) electrons. The van der Waals surface area contributed by atoms with Crippen molar-refractivity contribution in [3.05, 3.63) is 57.8 Å². The highest BCUT2D eigenvalue weighted by atomic mass is 79.9. The third kappa shape index (κ3) is 2.97. The van der Waals surface area contributed by atoms with Gasteiger partial charge in [-0.3, -0.25) is 0 Å². The normalized spacial score (nSPS) is 10.1. The molecule has 0 saturated heterocycles. The Balaban J connectivity index is 2.02. The van der Waals surface area contributed by atoms with Crippen LogP contribution in [0.2, 0.25) is 5.15 Å². The minimum absolute atomic E-state index is 0.425. The van der Waals surface area contributed by atoms with Gasteiger partial charge < -0.3 is 4.74 Å². The van der Waals surface area contributed by atoms with Crippen LogP contribution in [-0.4, -0.2) is 4.98 Å². The van der Waals surface area contributed by atoms with Crippen molar-refractivity contribution < 1.29 is 4.74 Å². The summed E-state index contributed by atoms with van der Waals surface area (Å²) in [5.41, 5.74) is 0.882. The maximum atomic E-state index is 5.92. The topological polar surface area (TPSA) is 22.1 Å². The van der Waals surface area contributed by atoms with E-state index in [4.69, 9.17) is 16.3 Å². The van der Waals surface area contributed by atoms with Gasteiger partial charge in [0.15, 0.2) is 0 Å². The molecule has 0 atom stereocenters. The van der Waals surface area contributed by atoms with Gasteiger partial charge in [-0.1, -0.05) is 33.6 Å². The van der Waals surface area contributed by atoms with Gasteiger partial charge in [-0.05, 0) is 30.3 Å². The standard InChI is InChI=1S/C12H9BrClNO/c13-10-3-5-11(6-4-10)16-8-9-2-1-7-15-12(9)14/h1-7H,8H2. The lowest BCUT2D eigenvalue weighted by Gasteiger charge is -2.06. The first-order chi connectivity index (χ1) is 7.75. The molecule has 1 heterocycles. The molecule has 0 aliphatic carbocycles. The van der Waals surface area contributed by atoms with Gasteiger partial charge in [0.25, 0.3) is 0 Å². The van der Waals surface area contributed by atoms with Crippen molar-refractivity contribution in [3.63, 3.8) is 0 Å². The van der Waals surface area contributed by atoms with Crippen molar-refractivity contribution in [2.24, 2.45) is 0 Å². The predicted molar refractivity (Wildman–Crippen MR) is 67.7 cm³/mol. The second kappa shape index (κ2) is 5.32. The van der Waals surface area contributed by atoms with E-state index in [1.165, 1.54) is 0 Å². The van der Waals surface area contributed by atoms with Gasteiger partial charge in [0, 0.05) is 16.2 Å². The Morgan fingerprint density at radius 3 is 2.62 bits per heavy atom. The van der Waals surface area contributed by atoms with E-state index in [1.807, 2.05) is 36.4 Å². The maximum Gasteiger partial charge on any atom is 0.135 e. The summed E-state index contributed by atoms with van der Waals surface area (Å²) in [6.07, 6.45) is 1.66. The molecule has 0 fully saturated rings. The van der Waals surface area contributed by atoms with Crippen LogP contribution >= 0.6 is 27.5 Å². The molecule has 2 aromatic rings. The van der Waals surface area contributed by atoms with Crippen molar-refractivity contribution in [1.29, 1.82) is 0 Å². The molecule has 2 nitrogen and oxygen atoms in total. The lowest BCUT2D eigenvalue weighted by Crippen LogP contribution is -1.96. The van der Waals surface area contributed by atoms with Crippen molar-refractivity contribution in [2.75, 3.05) is 0 Å². The van der Waals surface area contributed by atoms with Crippen molar-refractivity contribution in [1.82, 2.24) is 4.98 Å². The third-order valence-electron chi connectivity index (χ3n) is 2.04. The fourth-order valence-corrected chi connectivity index (χ4v) is 1.66. The summed E-state index contributed by atoms with van der Waals surface area (Å²) in [7, 11) is 0. The summed E-state index contributed by atoms with van der Waals surface area (Å²) in [4.78, 5) is 3.98. The summed E-state index contributed by atoms with van der Waals surface area (Å²) in [6.45, 7) is 0.425. The number of pyridine rings is 1. The van der Waals surface area contributed by atoms with Gasteiger partial charge in [0.2, 0.25) is 0 Å². The fourth-order valence-electron chi connectivity index (χ4n) is 1.22. The molecule has 0 aliphatic rings. The Morgan fingerprint density at radius 1 is 1.19 bits per heavy atom. The Morgan fingerprint density at radius 2 is 1.94 bits per heavy atom. The first-order valence-electron chi connectivity index (χ1n) is 4.73. The third-order valence-corrected chi connectivity index (χ3v) is 2.91. The molecule has 0 spiro atoms. The number of hydrogen-bond acceptors (Lipinski definition) is 2. The van der Waals surface area contributed by atoms with Crippen LogP contribution in [0.3, 0.4) is 0 Å². The van der Waals surface area contributed by atoms with Gasteiger partial charge in [-0.2, -0.15) is 0 Å². The molecular formula is C12H9BrClNO. The Kier molecular flexibility index (Phi) is 3.80. The molecule has 0 unspecified atom stereocenters. The summed E-state index contributed by atoms with van der Waals surface area (Å²) >= 11 is 9.28. The Bertz CT molecular complexity index is 473. The van der Waals surface area contributed by atoms with Crippen LogP contribution in [0.15, 0.2) is 47.1 Å². The predicted octanol–water partition coefficient (Wildman–Crippen LogP) is 4.08. The molecule has 0 N–H and O–H groups in total. The molecule has 82 valence electrons. The van der Waals surface area contributed by atoms with E-state index in [2.05, 4.69) is 20.9 Å². The molecule has 16 heavy (non-hydrogen) atoms. The molecule has 0 saturated carbocycles. The number of benzene rings is 1. The number of aromatic nitrogens is 1. The number of rotatable bonds is 3. The molecule has 1 aromatic heterocycles. The SMILES string of the molecule is Clc1ncccc1COc1ccc(Br)cc1. The summed E-state index contributed by atoms with van der Waals surface area (Å²) in [5, 5.41) is 0.486. The quantitative estimate of drug-likeness (QED) is 0.797. The van der Waals surface area contributed by atoms with Gasteiger partial charge in [-0.15, -0.1) is 0 Å². The maximum absolute atomic E-state index is 5.92. The first-order valence-corrected chi connectivity index (χ1v) is 5.90. The van der Waals surface area contributed by atoms with E-state index in [1.54, 1.807) is 6.20 Å². The lowest BCUT2D eigenvalue weighted by molar-refractivity contribution is 0.306. The molecule has 2 rings (SSSR count). The van der Waals surface area contributed by atoms with Crippen molar-refractivity contribution in [3.8, 4) is 5.75 Å². The zero-order valence-corrected chi connectivity index (χ0v) is 10.7. The zero-order chi connectivity index (χ0) is 11.4. The van der Waals surface area contributed by atoms with Gasteiger partial charge in [0.1, 0.15) is 17.5 Å². The van der Waals surface area contributed by atoms with Crippen molar-refractivity contribution in [2.45, 2.75) is 6.61 Å². The van der Waals surface area contributed by atoms with Crippen LogP contribution in [0.4, 0.5) is 0 Å². The van der Waals surface area contributed by atoms with E-state index < -0.39 is 0 Å². The molecule has 0 amide bonds. The second-order valence-corrected chi connectivity index (χ2v) is 4.47. The van der Waals surface area contributed by atoms with Crippen LogP contribution in [0.1, 0.15) is 5.56 Å². The molecule has 4 heteroatoms. The molecule has 0 aliphatic heterocycles. The van der Waals surface area contributed by atoms with E-state index in [-0.39, 0.29) is 0 Å². The smallest absolute Gasteiger partial charge is 0.135 e. The Hall–Kier alpha value is -1.06. The first kappa shape index (κ1) is 11.4. The monoisotopic (exact) mass is 297 g/mol. The van der Waals surface area contributed by atoms with Crippen LogP contribution < -0.4 is 4.74 Å². The fraction of sp³-hybridized carbons (Fsp3) is 0.0833. The number of hydrogen-bond donors (Lipinski definition) is 0. The molecule has 1 aromatic carbocycles. The second-order valence-electron chi connectivity index (χ2n) is 3.20. The zero-order valence-electron chi connectivity index (χ0n) is 8.36. The van der Waals surface area contributed by atoms with E-state index >= 15 is 0 Å². The Labute approximate surface area is 107 Å². The number of halogens is 2.